The standard InChI is InChI=1S/C19H25N3O3/c1-3-8-17(20-19(24)25)18(23)22-12-11-21(14-16(22)4-2)13-15-9-6-5-7-10-15/h3-7,9-10,16-17,20H,1-2,8,11-14H2,(H,24,25). The van der Waals surface area contributed by atoms with Crippen molar-refractivity contribution < 1.29 is 14.7 Å². The number of amides is 2. The summed E-state index contributed by atoms with van der Waals surface area (Å²) in [6, 6.07) is 9.22. The zero-order valence-corrected chi connectivity index (χ0v) is 14.3. The van der Waals surface area contributed by atoms with Gasteiger partial charge in [0.25, 0.3) is 0 Å². The topological polar surface area (TPSA) is 72.9 Å². The fourth-order valence-corrected chi connectivity index (χ4v) is 3.07. The number of carbonyl (C=O) groups excluding carboxylic acids is 1. The third-order valence-electron chi connectivity index (χ3n) is 4.31. The van der Waals surface area contributed by atoms with Crippen LogP contribution in [-0.4, -0.2) is 58.6 Å². The van der Waals surface area contributed by atoms with Crippen LogP contribution in [0.15, 0.2) is 55.6 Å². The molecule has 1 aliphatic rings. The number of carboxylic acid groups (broad SMARTS) is 1. The van der Waals surface area contributed by atoms with Crippen molar-refractivity contribution in [2.45, 2.75) is 25.0 Å². The molecule has 2 rings (SSSR count). The molecule has 25 heavy (non-hydrogen) atoms. The Balaban J connectivity index is 2.02. The van der Waals surface area contributed by atoms with Crippen molar-refractivity contribution in [1.29, 1.82) is 0 Å². The van der Waals surface area contributed by atoms with Gasteiger partial charge in [0.2, 0.25) is 5.91 Å². The van der Waals surface area contributed by atoms with E-state index in [1.54, 1.807) is 17.1 Å². The molecule has 2 N–H and O–H groups in total. The first-order valence-electron chi connectivity index (χ1n) is 8.34. The summed E-state index contributed by atoms with van der Waals surface area (Å²) in [5, 5.41) is 11.2. The molecule has 0 spiro atoms. The molecule has 0 bridgehead atoms. The van der Waals surface area contributed by atoms with Gasteiger partial charge in [0.15, 0.2) is 0 Å². The van der Waals surface area contributed by atoms with Gasteiger partial charge in [-0.15, -0.1) is 13.2 Å². The minimum absolute atomic E-state index is 0.145. The smallest absolute Gasteiger partial charge is 0.405 e. The van der Waals surface area contributed by atoms with Crippen molar-refractivity contribution in [3.8, 4) is 0 Å². The van der Waals surface area contributed by atoms with Crippen LogP contribution in [-0.2, 0) is 11.3 Å². The maximum Gasteiger partial charge on any atom is 0.405 e. The van der Waals surface area contributed by atoms with Gasteiger partial charge in [-0.3, -0.25) is 9.69 Å². The number of piperazine rings is 1. The summed E-state index contributed by atoms with van der Waals surface area (Å²) < 4.78 is 0. The Morgan fingerprint density at radius 1 is 1.28 bits per heavy atom. The number of hydrogen-bond acceptors (Lipinski definition) is 3. The average molecular weight is 343 g/mol. The fourth-order valence-electron chi connectivity index (χ4n) is 3.07. The third kappa shape index (κ3) is 5.19. The predicted octanol–water partition coefficient (Wildman–Crippen LogP) is 2.10. The molecule has 134 valence electrons. The van der Waals surface area contributed by atoms with Gasteiger partial charge in [-0.25, -0.2) is 4.79 Å². The normalized spacial score (nSPS) is 19.0. The van der Waals surface area contributed by atoms with Crippen molar-refractivity contribution in [3.63, 3.8) is 0 Å². The van der Waals surface area contributed by atoms with Crippen molar-refractivity contribution in [2.75, 3.05) is 19.6 Å². The van der Waals surface area contributed by atoms with E-state index in [1.807, 2.05) is 18.2 Å². The Labute approximate surface area is 148 Å². The highest BCUT2D eigenvalue weighted by Crippen LogP contribution is 2.16. The largest absolute Gasteiger partial charge is 0.465 e. The highest BCUT2D eigenvalue weighted by molar-refractivity contribution is 5.86. The molecule has 0 aliphatic carbocycles. The summed E-state index contributed by atoms with van der Waals surface area (Å²) in [4.78, 5) is 27.7. The number of rotatable bonds is 7. The monoisotopic (exact) mass is 343 g/mol. The first-order chi connectivity index (χ1) is 12.0. The van der Waals surface area contributed by atoms with Gasteiger partial charge in [-0.1, -0.05) is 42.5 Å². The number of carbonyl (C=O) groups is 2. The summed E-state index contributed by atoms with van der Waals surface area (Å²) in [5.74, 6) is -0.230. The first kappa shape index (κ1) is 18.7. The van der Waals surface area contributed by atoms with Crippen LogP contribution in [0, 0.1) is 0 Å². The van der Waals surface area contributed by atoms with Crippen molar-refractivity contribution in [1.82, 2.24) is 15.1 Å². The minimum Gasteiger partial charge on any atom is -0.465 e. The number of nitrogens with zero attached hydrogens (tertiary/aromatic N) is 2. The molecule has 0 radical (unpaired) electrons. The van der Waals surface area contributed by atoms with Gasteiger partial charge in [0.05, 0.1) is 6.04 Å². The zero-order valence-electron chi connectivity index (χ0n) is 14.3. The van der Waals surface area contributed by atoms with Crippen LogP contribution >= 0.6 is 0 Å². The molecule has 2 amide bonds. The molecule has 1 aromatic rings. The van der Waals surface area contributed by atoms with Gasteiger partial charge in [0, 0.05) is 26.2 Å². The van der Waals surface area contributed by atoms with Crippen molar-refractivity contribution in [3.05, 3.63) is 61.2 Å². The van der Waals surface area contributed by atoms with E-state index in [9.17, 15) is 9.59 Å². The molecule has 1 aliphatic heterocycles. The lowest BCUT2D eigenvalue weighted by molar-refractivity contribution is -0.137. The molecular formula is C19H25N3O3. The summed E-state index contributed by atoms with van der Waals surface area (Å²) in [5.41, 5.74) is 1.22. The van der Waals surface area contributed by atoms with Crippen LogP contribution in [0.25, 0.3) is 0 Å². The maximum atomic E-state index is 12.7. The first-order valence-corrected chi connectivity index (χ1v) is 8.34. The average Bonchev–Trinajstić information content (AvgIpc) is 2.61. The molecule has 2 atom stereocenters. The Morgan fingerprint density at radius 2 is 2.00 bits per heavy atom. The highest BCUT2D eigenvalue weighted by Gasteiger charge is 2.32. The van der Waals surface area contributed by atoms with Gasteiger partial charge < -0.3 is 15.3 Å². The van der Waals surface area contributed by atoms with E-state index in [-0.39, 0.29) is 18.4 Å². The summed E-state index contributed by atoms with van der Waals surface area (Å²) in [6.45, 7) is 10.2. The molecular weight excluding hydrogens is 318 g/mol. The van der Waals surface area contributed by atoms with Crippen LogP contribution in [0.1, 0.15) is 12.0 Å². The van der Waals surface area contributed by atoms with E-state index in [0.29, 0.717) is 13.1 Å². The van der Waals surface area contributed by atoms with E-state index in [4.69, 9.17) is 5.11 Å². The molecule has 0 saturated carbocycles. The number of benzene rings is 1. The van der Waals surface area contributed by atoms with Gasteiger partial charge in [-0.05, 0) is 12.0 Å². The maximum absolute atomic E-state index is 12.7. The summed E-state index contributed by atoms with van der Waals surface area (Å²) >= 11 is 0. The molecule has 6 nitrogen and oxygen atoms in total. The van der Waals surface area contributed by atoms with Crippen LogP contribution in [0.2, 0.25) is 0 Å². The Kier molecular flexibility index (Phi) is 6.77. The van der Waals surface area contributed by atoms with E-state index in [1.165, 1.54) is 5.56 Å². The second kappa shape index (κ2) is 9.03. The molecule has 1 aromatic carbocycles. The molecule has 0 aromatic heterocycles. The van der Waals surface area contributed by atoms with E-state index in [0.717, 1.165) is 13.1 Å². The summed E-state index contributed by atoms with van der Waals surface area (Å²) in [6.07, 6.45) is 2.35. The van der Waals surface area contributed by atoms with Gasteiger partial charge in [-0.2, -0.15) is 0 Å². The highest BCUT2D eigenvalue weighted by atomic mass is 16.4. The van der Waals surface area contributed by atoms with E-state index >= 15 is 0 Å². The second-order valence-corrected chi connectivity index (χ2v) is 6.08. The Hall–Kier alpha value is -2.60. The Bertz CT molecular complexity index is 618. The quantitative estimate of drug-likeness (QED) is 0.744. The number of hydrogen-bond donors (Lipinski definition) is 2. The fraction of sp³-hybridized carbons (Fsp3) is 0.368. The predicted molar refractivity (Wildman–Crippen MR) is 97.2 cm³/mol. The minimum atomic E-state index is -1.21. The molecule has 1 fully saturated rings. The van der Waals surface area contributed by atoms with Crippen molar-refractivity contribution in [2.24, 2.45) is 0 Å². The number of nitrogens with one attached hydrogen (secondary N) is 1. The second-order valence-electron chi connectivity index (χ2n) is 6.08. The van der Waals surface area contributed by atoms with Crippen molar-refractivity contribution >= 4 is 12.0 Å². The van der Waals surface area contributed by atoms with Crippen LogP contribution < -0.4 is 5.32 Å². The van der Waals surface area contributed by atoms with Crippen LogP contribution in [0.3, 0.4) is 0 Å². The third-order valence-corrected chi connectivity index (χ3v) is 4.31. The lowest BCUT2D eigenvalue weighted by Gasteiger charge is -2.41. The molecule has 1 heterocycles. The van der Waals surface area contributed by atoms with E-state index in [2.05, 4.69) is 35.5 Å². The molecule has 1 saturated heterocycles. The summed E-state index contributed by atoms with van der Waals surface area (Å²) in [7, 11) is 0. The lowest BCUT2D eigenvalue weighted by Crippen LogP contribution is -2.58. The molecule has 2 unspecified atom stereocenters. The molecule has 6 heteroatoms. The lowest BCUT2D eigenvalue weighted by atomic mass is 10.1. The SMILES string of the molecule is C=CCC(NC(=O)O)C(=O)N1CCN(Cc2ccccc2)CC1C=C. The van der Waals surface area contributed by atoms with Crippen LogP contribution in [0.5, 0.6) is 0 Å². The van der Waals surface area contributed by atoms with Gasteiger partial charge >= 0.3 is 6.09 Å². The van der Waals surface area contributed by atoms with Crippen LogP contribution in [0.4, 0.5) is 4.79 Å². The van der Waals surface area contributed by atoms with Gasteiger partial charge in [0.1, 0.15) is 6.04 Å². The zero-order chi connectivity index (χ0) is 18.2. The van der Waals surface area contributed by atoms with E-state index < -0.39 is 12.1 Å². The Morgan fingerprint density at radius 3 is 2.60 bits per heavy atom.